The van der Waals surface area contributed by atoms with Crippen molar-refractivity contribution in [2.24, 2.45) is 17.3 Å². The first-order valence-electron chi connectivity index (χ1n) is 24.7. The van der Waals surface area contributed by atoms with E-state index in [1.807, 2.05) is 43.7 Å². The number of nitrogens with zero attached hydrogens (tertiary/aromatic N) is 5. The maximum absolute atomic E-state index is 13.9. The summed E-state index contributed by atoms with van der Waals surface area (Å²) in [4.78, 5) is 78.3. The number of ether oxygens (including phenoxy) is 2. The van der Waals surface area contributed by atoms with Crippen LogP contribution in [-0.2, 0) is 31.9 Å². The number of nitrogens with one attached hydrogen (secondary N) is 4. The Bertz CT molecular complexity index is 2950. The molecule has 69 heavy (non-hydrogen) atoms. The van der Waals surface area contributed by atoms with Crippen molar-refractivity contribution in [3.8, 4) is 33.6 Å². The number of H-pyrrole nitrogens is 2. The molecule has 2 saturated heterocycles. The number of carbonyl (C=O) groups is 4. The van der Waals surface area contributed by atoms with Crippen molar-refractivity contribution in [1.82, 2.24) is 45.4 Å². The van der Waals surface area contributed by atoms with Crippen molar-refractivity contribution in [2.75, 3.05) is 27.3 Å². The molecule has 15 heteroatoms. The van der Waals surface area contributed by atoms with Crippen LogP contribution in [0.15, 0.2) is 67.0 Å². The van der Waals surface area contributed by atoms with Crippen molar-refractivity contribution in [3.63, 3.8) is 0 Å². The van der Waals surface area contributed by atoms with Crippen LogP contribution in [0.3, 0.4) is 0 Å². The summed E-state index contributed by atoms with van der Waals surface area (Å²) in [5.74, 6) is 0.970. The zero-order valence-corrected chi connectivity index (χ0v) is 40.5. The topological polar surface area (TPSA) is 188 Å². The Morgan fingerprint density at radius 1 is 0.681 bits per heavy atom. The Kier molecular flexibility index (Phi) is 12.4. The highest BCUT2D eigenvalue weighted by atomic mass is 16.5. The van der Waals surface area contributed by atoms with E-state index in [1.165, 1.54) is 51.0 Å². The number of pyridine rings is 1. The monoisotopic (exact) mass is 933 g/mol. The lowest BCUT2D eigenvalue weighted by Crippen LogP contribution is -2.51. The van der Waals surface area contributed by atoms with Crippen molar-refractivity contribution >= 4 is 45.8 Å². The molecule has 4 aliphatic rings. The molecule has 4 unspecified atom stereocenters. The number of aromatic amines is 2. The number of amides is 4. The van der Waals surface area contributed by atoms with Crippen LogP contribution in [0.4, 0.5) is 9.59 Å². The summed E-state index contributed by atoms with van der Waals surface area (Å²) in [7, 11) is 2.61. The molecule has 3 fully saturated rings. The molecule has 15 nitrogen and oxygen atoms in total. The predicted molar refractivity (Wildman–Crippen MR) is 264 cm³/mol. The third kappa shape index (κ3) is 8.47. The lowest BCUT2D eigenvalue weighted by Gasteiger charge is -2.30. The van der Waals surface area contributed by atoms with Gasteiger partial charge in [-0.3, -0.25) is 14.6 Å². The summed E-state index contributed by atoms with van der Waals surface area (Å²) in [5, 5.41) is 7.69. The molecule has 5 heterocycles. The highest BCUT2D eigenvalue weighted by Crippen LogP contribution is 2.53. The molecule has 4 atom stereocenters. The zero-order chi connectivity index (χ0) is 48.1. The highest BCUT2D eigenvalue weighted by Gasteiger charge is 2.43. The highest BCUT2D eigenvalue weighted by molar-refractivity contribution is 6.04. The molecule has 0 radical (unpaired) electrons. The fourth-order valence-corrected chi connectivity index (χ4v) is 11.9. The SMILES string of the molecule is COC(=O)NC(C(=O)N1CCCC1c1ncc(-c2ccc(-c3ncc(-c4ccc5nc(C6CCCN6C(=O)C(NC(=O)OC)C(C)C)[nH]c5c4)c4c3CC3(CCCC3)C4)c3ccccc23)[nH]1)C(C)C. The van der Waals surface area contributed by atoms with Crippen LogP contribution in [0.5, 0.6) is 0 Å². The van der Waals surface area contributed by atoms with Gasteiger partial charge in [-0.25, -0.2) is 19.6 Å². The molecule has 0 bridgehead atoms. The van der Waals surface area contributed by atoms with E-state index in [0.29, 0.717) is 13.1 Å². The Balaban J connectivity index is 0.964. The molecule has 2 aliphatic carbocycles. The van der Waals surface area contributed by atoms with Crippen LogP contribution < -0.4 is 10.6 Å². The van der Waals surface area contributed by atoms with E-state index in [9.17, 15) is 19.2 Å². The first kappa shape index (κ1) is 46.0. The van der Waals surface area contributed by atoms with E-state index in [0.717, 1.165) is 106 Å². The lowest BCUT2D eigenvalue weighted by molar-refractivity contribution is -0.136. The van der Waals surface area contributed by atoms with Crippen LogP contribution in [-0.4, -0.2) is 98.1 Å². The van der Waals surface area contributed by atoms with E-state index in [4.69, 9.17) is 24.4 Å². The molecule has 3 aromatic heterocycles. The molecule has 6 aromatic rings. The molecule has 10 rings (SSSR count). The van der Waals surface area contributed by atoms with Gasteiger partial charge in [-0.1, -0.05) is 83.0 Å². The molecule has 2 aliphatic heterocycles. The second-order valence-electron chi connectivity index (χ2n) is 20.4. The summed E-state index contributed by atoms with van der Waals surface area (Å²) in [6, 6.07) is 17.4. The molecule has 4 N–H and O–H groups in total. The van der Waals surface area contributed by atoms with E-state index in [1.54, 1.807) is 0 Å². The van der Waals surface area contributed by atoms with Gasteiger partial charge in [0.15, 0.2) is 0 Å². The van der Waals surface area contributed by atoms with E-state index in [2.05, 4.69) is 81.4 Å². The number of hydrogen-bond donors (Lipinski definition) is 4. The summed E-state index contributed by atoms with van der Waals surface area (Å²) in [6.07, 6.45) is 12.8. The lowest BCUT2D eigenvalue weighted by atomic mass is 9.82. The number of methoxy groups -OCH3 is 2. The number of hydrogen-bond acceptors (Lipinski definition) is 9. The van der Waals surface area contributed by atoms with Gasteiger partial charge in [0.05, 0.1) is 54.9 Å². The van der Waals surface area contributed by atoms with E-state index < -0.39 is 24.3 Å². The second-order valence-corrected chi connectivity index (χ2v) is 20.4. The first-order valence-corrected chi connectivity index (χ1v) is 24.7. The summed E-state index contributed by atoms with van der Waals surface area (Å²) in [6.45, 7) is 8.85. The molecular formula is C54H63N9O6. The number of carbonyl (C=O) groups excluding carboxylic acids is 4. The fourth-order valence-electron chi connectivity index (χ4n) is 11.9. The van der Waals surface area contributed by atoms with Gasteiger partial charge in [-0.15, -0.1) is 0 Å². The quantitative estimate of drug-likeness (QED) is 0.0981. The van der Waals surface area contributed by atoms with Gasteiger partial charge in [-0.05, 0) is 108 Å². The summed E-state index contributed by atoms with van der Waals surface area (Å²) in [5.41, 5.74) is 10.9. The van der Waals surface area contributed by atoms with Crippen molar-refractivity contribution in [1.29, 1.82) is 0 Å². The normalized spacial score (nSPS) is 19.5. The number of likely N-dealkylation sites (tertiary alicyclic amines) is 2. The largest absolute Gasteiger partial charge is 0.453 e. The summed E-state index contributed by atoms with van der Waals surface area (Å²) >= 11 is 0. The number of rotatable bonds is 11. The van der Waals surface area contributed by atoms with Crippen molar-refractivity contribution in [2.45, 2.75) is 116 Å². The van der Waals surface area contributed by atoms with Gasteiger partial charge < -0.3 is 39.9 Å². The van der Waals surface area contributed by atoms with Crippen LogP contribution in [0.25, 0.3) is 55.4 Å². The third-order valence-corrected chi connectivity index (χ3v) is 15.4. The first-order chi connectivity index (χ1) is 33.4. The molecular weight excluding hydrogens is 871 g/mol. The second kappa shape index (κ2) is 18.6. The molecule has 1 saturated carbocycles. The molecule has 3 aromatic carbocycles. The number of imidazole rings is 2. The number of fused-ring (bicyclic) bond motifs is 3. The van der Waals surface area contributed by atoms with Crippen LogP contribution in [0.1, 0.15) is 114 Å². The van der Waals surface area contributed by atoms with Crippen LogP contribution in [0.2, 0.25) is 0 Å². The van der Waals surface area contributed by atoms with E-state index >= 15 is 0 Å². The van der Waals surface area contributed by atoms with Crippen LogP contribution >= 0.6 is 0 Å². The average Bonchev–Trinajstić information content (AvgIpc) is 4.23. The Morgan fingerprint density at radius 2 is 1.28 bits per heavy atom. The van der Waals surface area contributed by atoms with Gasteiger partial charge in [0, 0.05) is 36.0 Å². The zero-order valence-electron chi connectivity index (χ0n) is 40.5. The van der Waals surface area contributed by atoms with Crippen LogP contribution in [0, 0.1) is 17.3 Å². The number of aromatic nitrogens is 5. The Hall–Kier alpha value is -6.77. The summed E-state index contributed by atoms with van der Waals surface area (Å²) < 4.78 is 9.67. The van der Waals surface area contributed by atoms with Gasteiger partial charge in [0.1, 0.15) is 23.7 Å². The maximum Gasteiger partial charge on any atom is 0.407 e. The fraction of sp³-hybridized carbons (Fsp3) is 0.463. The average molecular weight is 934 g/mol. The van der Waals surface area contributed by atoms with Gasteiger partial charge >= 0.3 is 12.2 Å². The van der Waals surface area contributed by atoms with Gasteiger partial charge in [0.2, 0.25) is 11.8 Å². The minimum absolute atomic E-state index is 0.117. The molecule has 360 valence electrons. The molecule has 4 amide bonds. The van der Waals surface area contributed by atoms with Gasteiger partial charge in [-0.2, -0.15) is 0 Å². The van der Waals surface area contributed by atoms with Crippen molar-refractivity contribution < 1.29 is 28.7 Å². The Labute approximate surface area is 402 Å². The van der Waals surface area contributed by atoms with Gasteiger partial charge in [0.25, 0.3) is 0 Å². The smallest absolute Gasteiger partial charge is 0.407 e. The minimum Gasteiger partial charge on any atom is -0.453 e. The van der Waals surface area contributed by atoms with E-state index in [-0.39, 0.29) is 41.1 Å². The Morgan fingerprint density at radius 3 is 1.90 bits per heavy atom. The number of alkyl carbamates (subject to hydrolysis) is 2. The molecule has 1 spiro atoms. The maximum atomic E-state index is 13.9. The van der Waals surface area contributed by atoms with Crippen molar-refractivity contribution in [3.05, 3.63) is 89.8 Å². The predicted octanol–water partition coefficient (Wildman–Crippen LogP) is 9.58. The third-order valence-electron chi connectivity index (χ3n) is 15.4. The standard InChI is InChI=1S/C54H63N9O6/c1-30(2)45(60-52(66)68-5)50(64)62-23-11-15-43(62)48-56-29-42(59-48)35-18-19-36(34-14-8-7-13-33(34)35)47-38-27-54(21-9-10-22-54)26-37(38)39(28-55-47)32-17-20-40-41(25-32)58-49(57-40)44-16-12-24-63(44)51(65)46(31(3)4)61-53(67)69-6/h7-8,13-14,17-20,25,28-31,43-46H,9-12,15-16,21-24,26-27H2,1-6H3,(H,56,59)(H,57,58)(H,60,66)(H,61,67). The number of benzene rings is 3. The minimum atomic E-state index is -0.707.